The topological polar surface area (TPSA) is 71.2 Å². The predicted octanol–water partition coefficient (Wildman–Crippen LogP) is 3.27. The van der Waals surface area contributed by atoms with Crippen LogP contribution in [0, 0.1) is 11.8 Å². The van der Waals surface area contributed by atoms with E-state index in [2.05, 4.69) is 24.0 Å². The third-order valence-electron chi connectivity index (χ3n) is 4.72. The number of phenols is 1. The molecule has 140 valence electrons. The molecular weight excluding hydrogens is 348 g/mol. The van der Waals surface area contributed by atoms with Gasteiger partial charge in [0.2, 0.25) is 5.91 Å². The summed E-state index contributed by atoms with van der Waals surface area (Å²) in [7, 11) is 0. The van der Waals surface area contributed by atoms with Crippen LogP contribution in [-0.2, 0) is 11.3 Å². The van der Waals surface area contributed by atoms with E-state index in [9.17, 15) is 9.90 Å². The number of likely N-dealkylation sites (tertiary alicyclic amines) is 1. The zero-order valence-corrected chi connectivity index (χ0v) is 16.4. The third-order valence-corrected chi connectivity index (χ3v) is 5.68. The van der Waals surface area contributed by atoms with Gasteiger partial charge in [-0.2, -0.15) is 0 Å². The van der Waals surface area contributed by atoms with Gasteiger partial charge in [-0.15, -0.1) is 10.2 Å². The second kappa shape index (κ2) is 8.12. The molecule has 0 radical (unpaired) electrons. The van der Waals surface area contributed by atoms with Crippen molar-refractivity contribution in [1.82, 2.24) is 19.7 Å². The molecule has 0 bridgehead atoms. The molecule has 2 aromatic rings. The van der Waals surface area contributed by atoms with E-state index in [1.165, 1.54) is 18.2 Å². The Balaban J connectivity index is 1.71. The summed E-state index contributed by atoms with van der Waals surface area (Å²) >= 11 is 1.41. The third kappa shape index (κ3) is 4.03. The number of amides is 1. The van der Waals surface area contributed by atoms with Gasteiger partial charge < -0.3 is 14.6 Å². The van der Waals surface area contributed by atoms with Crippen molar-refractivity contribution in [1.29, 1.82) is 0 Å². The van der Waals surface area contributed by atoms with Crippen LogP contribution in [-0.4, -0.2) is 49.5 Å². The Morgan fingerprint density at radius 3 is 2.58 bits per heavy atom. The zero-order chi connectivity index (χ0) is 18.7. The molecule has 2 heterocycles. The number of para-hydroxylation sites is 1. The van der Waals surface area contributed by atoms with E-state index >= 15 is 0 Å². The van der Waals surface area contributed by atoms with Crippen molar-refractivity contribution in [3.8, 4) is 17.1 Å². The van der Waals surface area contributed by atoms with Crippen molar-refractivity contribution in [3.63, 3.8) is 0 Å². The highest BCUT2D eigenvalue weighted by Gasteiger charge is 2.26. The van der Waals surface area contributed by atoms with E-state index in [0.29, 0.717) is 40.7 Å². The van der Waals surface area contributed by atoms with Gasteiger partial charge in [-0.05, 0) is 37.3 Å². The average Bonchev–Trinajstić information content (AvgIpc) is 3.01. The van der Waals surface area contributed by atoms with Crippen LogP contribution in [0.3, 0.4) is 0 Å². The van der Waals surface area contributed by atoms with Crippen LogP contribution < -0.4 is 0 Å². The highest BCUT2D eigenvalue weighted by atomic mass is 32.2. The maximum atomic E-state index is 12.6. The minimum atomic E-state index is 0.156. The number of carbonyl (C=O) groups is 1. The highest BCUT2D eigenvalue weighted by molar-refractivity contribution is 7.99. The van der Waals surface area contributed by atoms with Crippen LogP contribution in [0.4, 0.5) is 0 Å². The fraction of sp³-hybridized carbons (Fsp3) is 0.526. The summed E-state index contributed by atoms with van der Waals surface area (Å²) in [6.45, 7) is 8.77. The molecule has 0 saturated carbocycles. The van der Waals surface area contributed by atoms with E-state index in [1.54, 1.807) is 12.1 Å². The molecule has 1 aromatic carbocycles. The highest BCUT2D eigenvalue weighted by Crippen LogP contribution is 2.30. The molecule has 3 rings (SSSR count). The fourth-order valence-electron chi connectivity index (χ4n) is 3.63. The number of hydrogen-bond acceptors (Lipinski definition) is 5. The van der Waals surface area contributed by atoms with Gasteiger partial charge in [-0.25, -0.2) is 0 Å². The van der Waals surface area contributed by atoms with Gasteiger partial charge in [-0.1, -0.05) is 37.7 Å². The number of nitrogens with zero attached hydrogens (tertiary/aromatic N) is 4. The number of carbonyl (C=O) groups excluding carboxylic acids is 1. The van der Waals surface area contributed by atoms with E-state index < -0.39 is 0 Å². The van der Waals surface area contributed by atoms with Crippen LogP contribution in [0.15, 0.2) is 29.4 Å². The zero-order valence-electron chi connectivity index (χ0n) is 15.6. The Hall–Kier alpha value is -2.02. The molecule has 2 atom stereocenters. The average molecular weight is 375 g/mol. The smallest absolute Gasteiger partial charge is 0.233 e. The van der Waals surface area contributed by atoms with Crippen molar-refractivity contribution in [2.24, 2.45) is 11.8 Å². The fourth-order valence-corrected chi connectivity index (χ4v) is 4.53. The lowest BCUT2D eigenvalue weighted by Crippen LogP contribution is -2.43. The number of thioether (sulfide) groups is 1. The summed E-state index contributed by atoms with van der Waals surface area (Å²) in [5.74, 6) is 2.43. The van der Waals surface area contributed by atoms with Gasteiger partial charge >= 0.3 is 0 Å². The molecule has 1 aromatic heterocycles. The minimum absolute atomic E-state index is 0.156. The number of aromatic nitrogens is 3. The summed E-state index contributed by atoms with van der Waals surface area (Å²) in [6.07, 6.45) is 1.19. The first kappa shape index (κ1) is 18.8. The second-order valence-electron chi connectivity index (χ2n) is 7.10. The summed E-state index contributed by atoms with van der Waals surface area (Å²) in [5, 5.41) is 19.3. The molecule has 1 aliphatic rings. The number of phenolic OH excluding ortho intramolecular Hbond substituents is 1. The Kier molecular flexibility index (Phi) is 5.86. The first-order valence-electron chi connectivity index (χ1n) is 9.11. The SMILES string of the molecule is CCn1c(SCC(=O)N2C[C@H](C)C[C@H](C)C2)nnc1-c1ccccc1O. The van der Waals surface area contributed by atoms with Crippen LogP contribution >= 0.6 is 11.8 Å². The molecular formula is C19H26N4O2S. The molecule has 7 heteroatoms. The van der Waals surface area contributed by atoms with Gasteiger partial charge in [0, 0.05) is 19.6 Å². The van der Waals surface area contributed by atoms with Gasteiger partial charge in [0.15, 0.2) is 11.0 Å². The van der Waals surface area contributed by atoms with Crippen LogP contribution in [0.5, 0.6) is 5.75 Å². The van der Waals surface area contributed by atoms with Crippen molar-refractivity contribution in [2.45, 2.75) is 38.9 Å². The van der Waals surface area contributed by atoms with Crippen molar-refractivity contribution in [2.75, 3.05) is 18.8 Å². The van der Waals surface area contributed by atoms with Crippen molar-refractivity contribution >= 4 is 17.7 Å². The van der Waals surface area contributed by atoms with Gasteiger partial charge in [-0.3, -0.25) is 4.79 Å². The summed E-state index contributed by atoms with van der Waals surface area (Å²) in [5.41, 5.74) is 0.652. The van der Waals surface area contributed by atoms with E-state index in [4.69, 9.17) is 0 Å². The Morgan fingerprint density at radius 1 is 1.23 bits per heavy atom. The number of benzene rings is 1. The number of aromatic hydroxyl groups is 1. The minimum Gasteiger partial charge on any atom is -0.507 e. The maximum absolute atomic E-state index is 12.6. The number of hydrogen-bond donors (Lipinski definition) is 1. The lowest BCUT2D eigenvalue weighted by Gasteiger charge is -2.34. The van der Waals surface area contributed by atoms with Crippen LogP contribution in [0.25, 0.3) is 11.4 Å². The summed E-state index contributed by atoms with van der Waals surface area (Å²) in [6, 6.07) is 7.10. The second-order valence-corrected chi connectivity index (χ2v) is 8.04. The molecule has 0 unspecified atom stereocenters. The quantitative estimate of drug-likeness (QED) is 0.814. The lowest BCUT2D eigenvalue weighted by molar-refractivity contribution is -0.130. The predicted molar refractivity (Wildman–Crippen MR) is 103 cm³/mol. The standard InChI is InChI=1S/C19H26N4O2S/c1-4-23-18(15-7-5-6-8-16(15)24)20-21-19(23)26-12-17(25)22-10-13(2)9-14(3)11-22/h5-8,13-14,24H,4,9-12H2,1-3H3/t13-,14+. The monoisotopic (exact) mass is 374 g/mol. The van der Waals surface area contributed by atoms with Gasteiger partial charge in [0.05, 0.1) is 11.3 Å². The number of piperidine rings is 1. The molecule has 1 amide bonds. The van der Waals surface area contributed by atoms with E-state index in [0.717, 1.165) is 13.1 Å². The van der Waals surface area contributed by atoms with Crippen LogP contribution in [0.2, 0.25) is 0 Å². The Labute approximate surface area is 158 Å². The molecule has 0 aliphatic carbocycles. The van der Waals surface area contributed by atoms with Crippen molar-refractivity contribution in [3.05, 3.63) is 24.3 Å². The van der Waals surface area contributed by atoms with E-state index in [1.807, 2.05) is 28.5 Å². The first-order chi connectivity index (χ1) is 12.5. The number of rotatable bonds is 5. The van der Waals surface area contributed by atoms with Gasteiger partial charge in [0.25, 0.3) is 0 Å². The molecule has 1 N–H and O–H groups in total. The molecule has 26 heavy (non-hydrogen) atoms. The molecule has 0 spiro atoms. The Bertz CT molecular complexity index is 767. The normalized spacial score (nSPS) is 20.3. The lowest BCUT2D eigenvalue weighted by atomic mass is 9.92. The first-order valence-corrected chi connectivity index (χ1v) is 10.1. The molecule has 1 fully saturated rings. The van der Waals surface area contributed by atoms with Gasteiger partial charge in [0.1, 0.15) is 5.75 Å². The largest absolute Gasteiger partial charge is 0.507 e. The molecule has 1 saturated heterocycles. The van der Waals surface area contributed by atoms with Crippen LogP contribution in [0.1, 0.15) is 27.2 Å². The maximum Gasteiger partial charge on any atom is 0.233 e. The van der Waals surface area contributed by atoms with E-state index in [-0.39, 0.29) is 11.7 Å². The Morgan fingerprint density at radius 2 is 1.92 bits per heavy atom. The molecule has 6 nitrogen and oxygen atoms in total. The summed E-state index contributed by atoms with van der Waals surface area (Å²) < 4.78 is 1.94. The summed E-state index contributed by atoms with van der Waals surface area (Å²) in [4.78, 5) is 14.6. The molecule has 1 aliphatic heterocycles. The van der Waals surface area contributed by atoms with Crippen molar-refractivity contribution < 1.29 is 9.90 Å².